The van der Waals surface area contributed by atoms with E-state index in [-0.39, 0.29) is 5.54 Å². The molecule has 0 saturated heterocycles. The van der Waals surface area contributed by atoms with E-state index in [1.165, 1.54) is 4.88 Å². The Bertz CT molecular complexity index is 306. The predicted octanol–water partition coefficient (Wildman–Crippen LogP) is 3.20. The molecule has 0 amide bonds. The summed E-state index contributed by atoms with van der Waals surface area (Å²) in [7, 11) is 0. The van der Waals surface area contributed by atoms with Gasteiger partial charge in [-0.3, -0.25) is 5.32 Å². The first-order valence-corrected chi connectivity index (χ1v) is 5.76. The smallest absolute Gasteiger partial charge is 0.0746 e. The average Bonchev–Trinajstić information content (AvgIpc) is 2.67. The number of hydrogen-bond donors (Lipinski definition) is 1. The summed E-state index contributed by atoms with van der Waals surface area (Å²) >= 11 is 1.78. The van der Waals surface area contributed by atoms with Gasteiger partial charge >= 0.3 is 0 Å². The van der Waals surface area contributed by atoms with Gasteiger partial charge in [-0.25, -0.2) is 0 Å². The summed E-state index contributed by atoms with van der Waals surface area (Å²) in [5.74, 6) is 2.76. The van der Waals surface area contributed by atoms with Crippen molar-refractivity contribution in [2.75, 3.05) is 0 Å². The van der Waals surface area contributed by atoms with Crippen LogP contribution in [-0.4, -0.2) is 5.54 Å². The second-order valence-corrected chi connectivity index (χ2v) is 4.87. The largest absolute Gasteiger partial charge is 0.294 e. The van der Waals surface area contributed by atoms with E-state index in [1.807, 2.05) is 13.8 Å². The number of thiophene rings is 1. The molecule has 1 atom stereocenters. The normalized spacial score (nSPS) is 13.6. The van der Waals surface area contributed by atoms with E-state index in [0.29, 0.717) is 6.04 Å². The fraction of sp³-hybridized carbons (Fsp3) is 0.500. The Hall–Kier alpha value is -0.780. The highest BCUT2D eigenvalue weighted by Crippen LogP contribution is 2.23. The summed E-state index contributed by atoms with van der Waals surface area (Å²) in [6.45, 7) is 6.23. The zero-order chi connectivity index (χ0) is 10.6. The van der Waals surface area contributed by atoms with E-state index in [1.54, 1.807) is 11.3 Å². The summed E-state index contributed by atoms with van der Waals surface area (Å²) in [5.41, 5.74) is -0.231. The molecule has 1 aromatic rings. The van der Waals surface area contributed by atoms with Crippen LogP contribution in [0.3, 0.4) is 0 Å². The van der Waals surface area contributed by atoms with E-state index in [0.717, 1.165) is 6.42 Å². The quantitative estimate of drug-likeness (QED) is 0.748. The van der Waals surface area contributed by atoms with Gasteiger partial charge < -0.3 is 0 Å². The maximum atomic E-state index is 5.45. The summed E-state index contributed by atoms with van der Waals surface area (Å²) in [6.07, 6.45) is 6.51. The van der Waals surface area contributed by atoms with Gasteiger partial charge in [0, 0.05) is 10.9 Å². The van der Waals surface area contributed by atoms with E-state index in [2.05, 4.69) is 35.7 Å². The zero-order valence-electron chi connectivity index (χ0n) is 9.00. The Morgan fingerprint density at radius 2 is 2.36 bits per heavy atom. The van der Waals surface area contributed by atoms with Crippen LogP contribution in [-0.2, 0) is 0 Å². The van der Waals surface area contributed by atoms with Crippen LogP contribution >= 0.6 is 11.3 Å². The Labute approximate surface area is 90.5 Å². The summed E-state index contributed by atoms with van der Waals surface area (Å²) in [4.78, 5) is 1.36. The van der Waals surface area contributed by atoms with Crippen LogP contribution in [0.4, 0.5) is 0 Å². The molecular formula is C12H17NS. The van der Waals surface area contributed by atoms with Crippen molar-refractivity contribution < 1.29 is 0 Å². The molecular weight excluding hydrogens is 190 g/mol. The predicted molar refractivity (Wildman–Crippen MR) is 63.4 cm³/mol. The van der Waals surface area contributed by atoms with E-state index in [9.17, 15) is 0 Å². The van der Waals surface area contributed by atoms with Gasteiger partial charge in [-0.15, -0.1) is 17.8 Å². The Morgan fingerprint density at radius 1 is 1.64 bits per heavy atom. The van der Waals surface area contributed by atoms with Crippen LogP contribution in [0.15, 0.2) is 17.5 Å². The van der Waals surface area contributed by atoms with E-state index in [4.69, 9.17) is 6.42 Å². The monoisotopic (exact) mass is 207 g/mol. The number of hydrogen-bond acceptors (Lipinski definition) is 2. The lowest BCUT2D eigenvalue weighted by Crippen LogP contribution is -2.39. The van der Waals surface area contributed by atoms with Crippen molar-refractivity contribution in [3.63, 3.8) is 0 Å². The van der Waals surface area contributed by atoms with Gasteiger partial charge in [0.25, 0.3) is 0 Å². The first-order valence-electron chi connectivity index (χ1n) is 4.88. The molecule has 0 spiro atoms. The van der Waals surface area contributed by atoms with Gasteiger partial charge in [-0.2, -0.15) is 0 Å². The van der Waals surface area contributed by atoms with Crippen molar-refractivity contribution in [3.8, 4) is 12.3 Å². The molecule has 1 aromatic heterocycles. The van der Waals surface area contributed by atoms with Crippen molar-refractivity contribution in [2.24, 2.45) is 0 Å². The van der Waals surface area contributed by atoms with Crippen molar-refractivity contribution >= 4 is 11.3 Å². The van der Waals surface area contributed by atoms with Gasteiger partial charge in [0.1, 0.15) is 0 Å². The second kappa shape index (κ2) is 4.63. The van der Waals surface area contributed by atoms with Gasteiger partial charge in [0.05, 0.1) is 5.54 Å². The topological polar surface area (TPSA) is 12.0 Å². The molecule has 1 unspecified atom stereocenters. The third kappa shape index (κ3) is 2.87. The highest BCUT2D eigenvalue weighted by molar-refractivity contribution is 7.10. The summed E-state index contributed by atoms with van der Waals surface area (Å²) < 4.78 is 0. The van der Waals surface area contributed by atoms with Crippen LogP contribution in [0.2, 0.25) is 0 Å². The molecule has 0 fully saturated rings. The molecule has 76 valence electrons. The van der Waals surface area contributed by atoms with E-state index >= 15 is 0 Å². The van der Waals surface area contributed by atoms with Crippen molar-refractivity contribution in [3.05, 3.63) is 22.4 Å². The minimum atomic E-state index is -0.231. The lowest BCUT2D eigenvalue weighted by Gasteiger charge is -2.26. The van der Waals surface area contributed by atoms with Gasteiger partial charge in [0.2, 0.25) is 0 Å². The van der Waals surface area contributed by atoms with Crippen LogP contribution in [0.5, 0.6) is 0 Å². The highest BCUT2D eigenvalue weighted by atomic mass is 32.1. The first kappa shape index (κ1) is 11.3. The standard InChI is InChI=1S/C12H17NS/c1-5-10(11-8-7-9-14-11)13-12(3,4)6-2/h2,7-10,13H,5H2,1,3-4H3. The lowest BCUT2D eigenvalue weighted by molar-refractivity contribution is 0.408. The Kier molecular flexibility index (Phi) is 3.74. The molecule has 1 N–H and O–H groups in total. The fourth-order valence-electron chi connectivity index (χ4n) is 1.34. The first-order chi connectivity index (χ1) is 6.59. The summed E-state index contributed by atoms with van der Waals surface area (Å²) in [6, 6.07) is 4.60. The van der Waals surface area contributed by atoms with Crippen LogP contribution in [0, 0.1) is 12.3 Å². The average molecular weight is 207 g/mol. The zero-order valence-corrected chi connectivity index (χ0v) is 9.82. The molecule has 0 saturated carbocycles. The maximum absolute atomic E-state index is 5.45. The minimum Gasteiger partial charge on any atom is -0.294 e. The Morgan fingerprint density at radius 3 is 2.79 bits per heavy atom. The van der Waals surface area contributed by atoms with E-state index < -0.39 is 0 Å². The third-order valence-corrected chi connectivity index (χ3v) is 3.18. The fourth-order valence-corrected chi connectivity index (χ4v) is 2.20. The highest BCUT2D eigenvalue weighted by Gasteiger charge is 2.19. The van der Waals surface area contributed by atoms with Crippen molar-refractivity contribution in [2.45, 2.75) is 38.8 Å². The van der Waals surface area contributed by atoms with Crippen LogP contribution in [0.25, 0.3) is 0 Å². The van der Waals surface area contributed by atoms with Crippen molar-refractivity contribution in [1.82, 2.24) is 5.32 Å². The maximum Gasteiger partial charge on any atom is 0.0746 e. The molecule has 1 heterocycles. The molecule has 0 radical (unpaired) electrons. The van der Waals surface area contributed by atoms with Gasteiger partial charge in [-0.05, 0) is 31.7 Å². The molecule has 0 aliphatic rings. The molecule has 1 nitrogen and oxygen atoms in total. The minimum absolute atomic E-state index is 0.231. The van der Waals surface area contributed by atoms with Gasteiger partial charge in [0.15, 0.2) is 0 Å². The second-order valence-electron chi connectivity index (χ2n) is 3.89. The number of terminal acetylenes is 1. The molecule has 0 aliphatic heterocycles. The molecule has 0 aliphatic carbocycles. The molecule has 0 bridgehead atoms. The number of nitrogens with one attached hydrogen (secondary N) is 1. The molecule has 0 aromatic carbocycles. The van der Waals surface area contributed by atoms with Crippen LogP contribution < -0.4 is 5.32 Å². The molecule has 2 heteroatoms. The Balaban J connectivity index is 2.71. The molecule has 14 heavy (non-hydrogen) atoms. The molecule has 1 rings (SSSR count). The lowest BCUT2D eigenvalue weighted by atomic mass is 10.0. The van der Waals surface area contributed by atoms with Gasteiger partial charge in [-0.1, -0.05) is 18.9 Å². The SMILES string of the molecule is C#CC(C)(C)NC(CC)c1cccs1. The summed E-state index contributed by atoms with van der Waals surface area (Å²) in [5, 5.41) is 5.57. The third-order valence-electron chi connectivity index (χ3n) is 2.19. The number of rotatable bonds is 4. The van der Waals surface area contributed by atoms with Crippen LogP contribution in [0.1, 0.15) is 38.1 Å². The van der Waals surface area contributed by atoms with Crippen molar-refractivity contribution in [1.29, 1.82) is 0 Å².